The number of rotatable bonds is 8. The van der Waals surface area contributed by atoms with Crippen molar-refractivity contribution in [1.82, 2.24) is 5.32 Å². The van der Waals surface area contributed by atoms with Crippen LogP contribution in [0.1, 0.15) is 44.0 Å². The highest BCUT2D eigenvalue weighted by Gasteiger charge is 2.26. The Bertz CT molecular complexity index is 1210. The molecule has 0 spiro atoms. The minimum atomic E-state index is -0.401. The average Bonchev–Trinajstić information content (AvgIpc) is 3.24. The van der Waals surface area contributed by atoms with E-state index in [1.807, 2.05) is 30.3 Å². The number of anilines is 1. The Kier molecular flexibility index (Phi) is 8.33. The number of fused-ring (bicyclic) bond motifs is 1. The van der Waals surface area contributed by atoms with Crippen LogP contribution in [-0.4, -0.2) is 37.3 Å². The van der Waals surface area contributed by atoms with Gasteiger partial charge in [0.1, 0.15) is 29.7 Å². The van der Waals surface area contributed by atoms with Gasteiger partial charge in [0.15, 0.2) is 5.11 Å². The molecule has 3 aromatic rings. The molecule has 182 valence electrons. The van der Waals surface area contributed by atoms with Gasteiger partial charge in [-0.1, -0.05) is 24.3 Å². The summed E-state index contributed by atoms with van der Waals surface area (Å²) >= 11 is 6.85. The number of benzene rings is 2. The molecule has 1 heterocycles. The van der Waals surface area contributed by atoms with Crippen molar-refractivity contribution < 1.29 is 23.8 Å². The van der Waals surface area contributed by atoms with Crippen LogP contribution in [0.3, 0.4) is 0 Å². The van der Waals surface area contributed by atoms with Crippen molar-refractivity contribution in [2.24, 2.45) is 0 Å². The molecule has 4 rings (SSSR count). The number of aryl methyl sites for hydroxylation is 1. The summed E-state index contributed by atoms with van der Waals surface area (Å²) in [7, 11) is 1.36. The van der Waals surface area contributed by atoms with Crippen LogP contribution in [0, 0.1) is 0 Å². The van der Waals surface area contributed by atoms with Gasteiger partial charge in [0.2, 0.25) is 0 Å². The molecular formula is C26H26N2O5S2. The first-order chi connectivity index (χ1) is 17.0. The molecule has 9 heteroatoms. The molecule has 0 fully saturated rings. The molecule has 1 aliphatic rings. The summed E-state index contributed by atoms with van der Waals surface area (Å²) in [6.07, 6.45) is 3.88. The molecule has 0 saturated carbocycles. The molecule has 35 heavy (non-hydrogen) atoms. The maximum atomic E-state index is 12.8. The second-order valence-corrected chi connectivity index (χ2v) is 9.37. The van der Waals surface area contributed by atoms with Gasteiger partial charge in [0, 0.05) is 10.4 Å². The van der Waals surface area contributed by atoms with Gasteiger partial charge in [-0.15, -0.1) is 11.3 Å². The van der Waals surface area contributed by atoms with E-state index in [0.717, 1.165) is 41.9 Å². The van der Waals surface area contributed by atoms with Crippen LogP contribution in [0.15, 0.2) is 54.6 Å². The van der Waals surface area contributed by atoms with Gasteiger partial charge < -0.3 is 19.5 Å². The zero-order valence-electron chi connectivity index (χ0n) is 19.3. The lowest BCUT2D eigenvalue weighted by Gasteiger charge is -2.12. The molecule has 0 bridgehead atoms. The lowest BCUT2D eigenvalue weighted by Crippen LogP contribution is -2.34. The van der Waals surface area contributed by atoms with Crippen molar-refractivity contribution in [3.05, 3.63) is 76.2 Å². The minimum absolute atomic E-state index is 0.112. The number of nitrogens with one attached hydrogen (secondary N) is 2. The second kappa shape index (κ2) is 11.8. The highest BCUT2D eigenvalue weighted by atomic mass is 32.1. The summed E-state index contributed by atoms with van der Waals surface area (Å²) in [5.74, 6) is 0.538. The second-order valence-electron chi connectivity index (χ2n) is 7.85. The molecule has 1 aromatic heterocycles. The molecule has 0 atom stereocenters. The Morgan fingerprint density at radius 1 is 0.971 bits per heavy atom. The number of thiophene rings is 1. The van der Waals surface area contributed by atoms with Gasteiger partial charge in [-0.25, -0.2) is 4.79 Å². The SMILES string of the molecule is COC(=O)c1c(NC(=S)NC(=O)c2cccc(OCCOc3ccccc3)c2)sc2c1CCCC2. The summed E-state index contributed by atoms with van der Waals surface area (Å²) in [4.78, 5) is 26.3. The number of thiocarbonyl (C=S) groups is 1. The van der Waals surface area contributed by atoms with E-state index in [9.17, 15) is 9.59 Å². The van der Waals surface area contributed by atoms with E-state index in [1.54, 1.807) is 24.3 Å². The molecular weight excluding hydrogens is 484 g/mol. The number of carbonyl (C=O) groups is 2. The maximum Gasteiger partial charge on any atom is 0.341 e. The van der Waals surface area contributed by atoms with Gasteiger partial charge in [0.25, 0.3) is 5.91 Å². The van der Waals surface area contributed by atoms with Gasteiger partial charge >= 0.3 is 5.97 Å². The third-order valence-corrected chi connectivity index (χ3v) is 6.89. The van der Waals surface area contributed by atoms with E-state index in [1.165, 1.54) is 18.4 Å². The number of para-hydroxylation sites is 1. The standard InChI is InChI=1S/C26H26N2O5S2/c1-31-25(30)22-20-12-5-6-13-21(20)35-24(22)28-26(34)27-23(29)17-8-7-11-19(16-17)33-15-14-32-18-9-3-2-4-10-18/h2-4,7-11,16H,5-6,12-15H2,1H3,(H2,27,28,29,34). The third kappa shape index (κ3) is 6.37. The molecule has 1 amide bonds. The Morgan fingerprint density at radius 2 is 1.69 bits per heavy atom. The van der Waals surface area contributed by atoms with Gasteiger partial charge in [-0.3, -0.25) is 10.1 Å². The number of esters is 1. The van der Waals surface area contributed by atoms with Crippen molar-refractivity contribution in [2.45, 2.75) is 25.7 Å². The van der Waals surface area contributed by atoms with Crippen LogP contribution < -0.4 is 20.1 Å². The number of amides is 1. The first kappa shape index (κ1) is 24.7. The first-order valence-corrected chi connectivity index (χ1v) is 12.5. The zero-order chi connectivity index (χ0) is 24.6. The van der Waals surface area contributed by atoms with Crippen molar-refractivity contribution >= 4 is 45.5 Å². The Hall–Kier alpha value is -3.43. The van der Waals surface area contributed by atoms with Gasteiger partial charge in [0.05, 0.1) is 12.7 Å². The molecule has 2 aromatic carbocycles. The van der Waals surface area contributed by atoms with Crippen molar-refractivity contribution in [3.8, 4) is 11.5 Å². The van der Waals surface area contributed by atoms with E-state index in [2.05, 4.69) is 10.6 Å². The lowest BCUT2D eigenvalue weighted by atomic mass is 9.95. The number of hydrogen-bond acceptors (Lipinski definition) is 7. The van der Waals surface area contributed by atoms with Crippen LogP contribution in [-0.2, 0) is 17.6 Å². The summed E-state index contributed by atoms with van der Waals surface area (Å²) in [6, 6.07) is 16.3. The lowest BCUT2D eigenvalue weighted by molar-refractivity contribution is 0.0601. The van der Waals surface area contributed by atoms with Crippen LogP contribution in [0.4, 0.5) is 5.00 Å². The zero-order valence-corrected chi connectivity index (χ0v) is 20.9. The Balaban J connectivity index is 1.34. The maximum absolute atomic E-state index is 12.8. The van der Waals surface area contributed by atoms with Crippen LogP contribution in [0.5, 0.6) is 11.5 Å². The number of hydrogen-bond donors (Lipinski definition) is 2. The van der Waals surface area contributed by atoms with Gasteiger partial charge in [-0.05, 0) is 73.8 Å². The summed E-state index contributed by atoms with van der Waals surface area (Å²) in [5, 5.41) is 6.42. The fourth-order valence-electron chi connectivity index (χ4n) is 3.84. The highest BCUT2D eigenvalue weighted by Crippen LogP contribution is 2.38. The predicted molar refractivity (Wildman–Crippen MR) is 140 cm³/mol. The largest absolute Gasteiger partial charge is 0.490 e. The quantitative estimate of drug-likeness (QED) is 0.251. The van der Waals surface area contributed by atoms with E-state index in [-0.39, 0.29) is 11.0 Å². The van der Waals surface area contributed by atoms with E-state index in [4.69, 9.17) is 26.4 Å². The molecule has 0 unspecified atom stereocenters. The predicted octanol–water partition coefficient (Wildman–Crippen LogP) is 5.00. The Morgan fingerprint density at radius 3 is 2.46 bits per heavy atom. The smallest absolute Gasteiger partial charge is 0.341 e. The van der Waals surface area contributed by atoms with Crippen molar-refractivity contribution in [3.63, 3.8) is 0 Å². The summed E-state index contributed by atoms with van der Waals surface area (Å²) in [5.41, 5.74) is 1.93. The van der Waals surface area contributed by atoms with Gasteiger partial charge in [-0.2, -0.15) is 0 Å². The van der Waals surface area contributed by atoms with Crippen LogP contribution >= 0.6 is 23.6 Å². The average molecular weight is 511 g/mol. The number of carbonyl (C=O) groups excluding carboxylic acids is 2. The molecule has 0 saturated heterocycles. The normalized spacial score (nSPS) is 12.3. The number of methoxy groups -OCH3 is 1. The molecule has 7 nitrogen and oxygen atoms in total. The first-order valence-electron chi connectivity index (χ1n) is 11.3. The van der Waals surface area contributed by atoms with E-state index < -0.39 is 5.97 Å². The fourth-order valence-corrected chi connectivity index (χ4v) is 5.39. The van der Waals surface area contributed by atoms with Crippen LogP contribution in [0.25, 0.3) is 0 Å². The highest BCUT2D eigenvalue weighted by molar-refractivity contribution is 7.80. The molecule has 0 radical (unpaired) electrons. The van der Waals surface area contributed by atoms with Crippen LogP contribution in [0.2, 0.25) is 0 Å². The monoisotopic (exact) mass is 510 g/mol. The van der Waals surface area contributed by atoms with E-state index in [0.29, 0.717) is 35.1 Å². The molecule has 2 N–H and O–H groups in total. The topological polar surface area (TPSA) is 85.9 Å². The summed E-state index contributed by atoms with van der Waals surface area (Å²) in [6.45, 7) is 0.709. The minimum Gasteiger partial charge on any atom is -0.490 e. The molecule has 1 aliphatic carbocycles. The summed E-state index contributed by atoms with van der Waals surface area (Å²) < 4.78 is 16.3. The Labute approximate surface area is 213 Å². The molecule has 0 aliphatic heterocycles. The number of ether oxygens (including phenoxy) is 3. The van der Waals surface area contributed by atoms with E-state index >= 15 is 0 Å². The third-order valence-electron chi connectivity index (χ3n) is 5.48. The van der Waals surface area contributed by atoms with Crippen molar-refractivity contribution in [2.75, 3.05) is 25.6 Å². The van der Waals surface area contributed by atoms with Crippen molar-refractivity contribution in [1.29, 1.82) is 0 Å². The fraction of sp³-hybridized carbons (Fsp3) is 0.269.